The first-order valence-electron chi connectivity index (χ1n) is 3.89. The van der Waals surface area contributed by atoms with Gasteiger partial charge in [0.2, 0.25) is 0 Å². The Morgan fingerprint density at radius 1 is 1.33 bits per heavy atom. The summed E-state index contributed by atoms with van der Waals surface area (Å²) in [6.07, 6.45) is 2.58. The minimum atomic E-state index is 0.718. The van der Waals surface area contributed by atoms with Crippen LogP contribution in [0.25, 0.3) is 0 Å². The molecule has 0 radical (unpaired) electrons. The summed E-state index contributed by atoms with van der Waals surface area (Å²) in [6, 6.07) is 0.718. The lowest BCUT2D eigenvalue weighted by molar-refractivity contribution is 0.399. The van der Waals surface area contributed by atoms with Crippen LogP contribution in [0.5, 0.6) is 0 Å². The molecule has 1 nitrogen and oxygen atoms in total. The van der Waals surface area contributed by atoms with E-state index >= 15 is 0 Å². The molecule has 1 atom stereocenters. The largest absolute Gasteiger partial charge is 0.317 e. The topological polar surface area (TPSA) is 12.0 Å². The normalized spacial score (nSPS) is 14.3. The molecular formula is C8H19N. The molecule has 1 N–H and O–H groups in total. The van der Waals surface area contributed by atoms with E-state index in [0.29, 0.717) is 0 Å². The van der Waals surface area contributed by atoms with Crippen LogP contribution in [-0.2, 0) is 0 Å². The Hall–Kier alpha value is -0.0400. The van der Waals surface area contributed by atoms with Crippen molar-refractivity contribution < 1.29 is 0 Å². The van der Waals surface area contributed by atoms with Gasteiger partial charge in [-0.05, 0) is 19.4 Å². The molecule has 1 heteroatoms. The van der Waals surface area contributed by atoms with Gasteiger partial charge in [0.25, 0.3) is 0 Å². The molecule has 56 valence electrons. The summed E-state index contributed by atoms with van der Waals surface area (Å²) in [7, 11) is 2.04. The third kappa shape index (κ3) is 3.52. The second-order valence-corrected chi connectivity index (χ2v) is 2.93. The number of nitrogens with one attached hydrogen (secondary N) is 1. The lowest BCUT2D eigenvalue weighted by Crippen LogP contribution is -2.30. The Balaban J connectivity index is 3.41. The maximum atomic E-state index is 3.30. The van der Waals surface area contributed by atoms with Crippen LogP contribution in [0.3, 0.4) is 0 Å². The molecule has 0 saturated carbocycles. The lowest BCUT2D eigenvalue weighted by atomic mass is 10.0. The second kappa shape index (κ2) is 4.80. The average molecular weight is 129 g/mol. The van der Waals surface area contributed by atoms with Crippen molar-refractivity contribution in [1.82, 2.24) is 5.32 Å². The zero-order valence-corrected chi connectivity index (χ0v) is 7.07. The number of rotatable bonds is 4. The molecule has 0 amide bonds. The summed E-state index contributed by atoms with van der Waals surface area (Å²) >= 11 is 0. The molecule has 0 spiro atoms. The van der Waals surface area contributed by atoms with E-state index < -0.39 is 0 Å². The fourth-order valence-corrected chi connectivity index (χ4v) is 1.12. The maximum Gasteiger partial charge on any atom is 0.00869 e. The van der Waals surface area contributed by atoms with Crippen molar-refractivity contribution in [3.8, 4) is 0 Å². The van der Waals surface area contributed by atoms with E-state index in [-0.39, 0.29) is 0 Å². The van der Waals surface area contributed by atoms with Crippen LogP contribution in [-0.4, -0.2) is 13.1 Å². The third-order valence-electron chi connectivity index (χ3n) is 1.78. The molecule has 0 rings (SSSR count). The highest BCUT2D eigenvalue weighted by molar-refractivity contribution is 4.66. The highest BCUT2D eigenvalue weighted by Gasteiger charge is 2.07. The summed E-state index contributed by atoms with van der Waals surface area (Å²) in [5.74, 6) is 0.773. The van der Waals surface area contributed by atoms with Gasteiger partial charge in [-0.2, -0.15) is 0 Å². The van der Waals surface area contributed by atoms with E-state index in [0.717, 1.165) is 12.0 Å². The number of hydrogen-bond donors (Lipinski definition) is 1. The van der Waals surface area contributed by atoms with Gasteiger partial charge in [-0.3, -0.25) is 0 Å². The summed E-state index contributed by atoms with van der Waals surface area (Å²) < 4.78 is 0. The van der Waals surface area contributed by atoms with Crippen molar-refractivity contribution >= 4 is 0 Å². The minimum Gasteiger partial charge on any atom is -0.317 e. The molecule has 0 aliphatic rings. The van der Waals surface area contributed by atoms with Crippen molar-refractivity contribution in [1.29, 1.82) is 0 Å². The fourth-order valence-electron chi connectivity index (χ4n) is 1.12. The Kier molecular flexibility index (Phi) is 4.78. The Labute approximate surface area is 58.8 Å². The predicted molar refractivity (Wildman–Crippen MR) is 42.6 cm³/mol. The lowest BCUT2D eigenvalue weighted by Gasteiger charge is -2.18. The van der Waals surface area contributed by atoms with E-state index in [2.05, 4.69) is 26.1 Å². The first-order valence-corrected chi connectivity index (χ1v) is 3.89. The average Bonchev–Trinajstić information content (AvgIpc) is 1.82. The molecule has 0 bridgehead atoms. The predicted octanol–water partition coefficient (Wildman–Crippen LogP) is 2.03. The molecule has 0 aromatic carbocycles. The van der Waals surface area contributed by atoms with Crippen molar-refractivity contribution in [3.63, 3.8) is 0 Å². The molecule has 0 saturated heterocycles. The van der Waals surface area contributed by atoms with Crippen molar-refractivity contribution in [3.05, 3.63) is 0 Å². The second-order valence-electron chi connectivity index (χ2n) is 2.93. The first kappa shape index (κ1) is 8.96. The fraction of sp³-hybridized carbons (Fsp3) is 1.00. The van der Waals surface area contributed by atoms with E-state index in [1.165, 1.54) is 12.8 Å². The van der Waals surface area contributed by atoms with Gasteiger partial charge < -0.3 is 5.32 Å². The van der Waals surface area contributed by atoms with Gasteiger partial charge in [-0.1, -0.05) is 27.2 Å². The zero-order valence-electron chi connectivity index (χ0n) is 7.07. The molecule has 0 aliphatic carbocycles. The first-order chi connectivity index (χ1) is 4.22. The third-order valence-corrected chi connectivity index (χ3v) is 1.78. The Morgan fingerprint density at radius 2 is 1.89 bits per heavy atom. The molecule has 9 heavy (non-hydrogen) atoms. The van der Waals surface area contributed by atoms with Crippen LogP contribution in [0, 0.1) is 5.92 Å². The van der Waals surface area contributed by atoms with Crippen LogP contribution in [0.4, 0.5) is 0 Å². The van der Waals surface area contributed by atoms with Crippen molar-refractivity contribution in [2.24, 2.45) is 5.92 Å². The monoisotopic (exact) mass is 129 g/mol. The summed E-state index contributed by atoms with van der Waals surface area (Å²) in [6.45, 7) is 6.75. The standard InChI is InChI=1S/C8H19N/c1-5-6-8(9-4)7(2)3/h7-9H,5-6H2,1-4H3/t8-/m0/s1. The van der Waals surface area contributed by atoms with E-state index in [4.69, 9.17) is 0 Å². The maximum absolute atomic E-state index is 3.30. The van der Waals surface area contributed by atoms with E-state index in [9.17, 15) is 0 Å². The van der Waals surface area contributed by atoms with Gasteiger partial charge in [-0.25, -0.2) is 0 Å². The zero-order chi connectivity index (χ0) is 7.28. The molecule has 0 unspecified atom stereocenters. The highest BCUT2D eigenvalue weighted by atomic mass is 14.9. The van der Waals surface area contributed by atoms with Crippen molar-refractivity contribution in [2.75, 3.05) is 7.05 Å². The molecule has 0 aromatic heterocycles. The summed E-state index contributed by atoms with van der Waals surface area (Å²) in [5, 5.41) is 3.30. The number of hydrogen-bond acceptors (Lipinski definition) is 1. The quantitative estimate of drug-likeness (QED) is 0.612. The summed E-state index contributed by atoms with van der Waals surface area (Å²) in [4.78, 5) is 0. The van der Waals surface area contributed by atoms with Crippen LogP contribution in [0.15, 0.2) is 0 Å². The molecule has 0 aliphatic heterocycles. The van der Waals surface area contributed by atoms with Crippen molar-refractivity contribution in [2.45, 2.75) is 39.7 Å². The summed E-state index contributed by atoms with van der Waals surface area (Å²) in [5.41, 5.74) is 0. The van der Waals surface area contributed by atoms with Gasteiger partial charge in [-0.15, -0.1) is 0 Å². The van der Waals surface area contributed by atoms with E-state index in [1.807, 2.05) is 7.05 Å². The van der Waals surface area contributed by atoms with Crippen LogP contribution < -0.4 is 5.32 Å². The smallest absolute Gasteiger partial charge is 0.00869 e. The SMILES string of the molecule is CCC[C@H](NC)C(C)C. The van der Waals surface area contributed by atoms with Crippen LogP contribution >= 0.6 is 0 Å². The Bertz CT molecular complexity index is 59.6. The molecule has 0 heterocycles. The minimum absolute atomic E-state index is 0.718. The van der Waals surface area contributed by atoms with Gasteiger partial charge >= 0.3 is 0 Å². The van der Waals surface area contributed by atoms with Gasteiger partial charge in [0.05, 0.1) is 0 Å². The van der Waals surface area contributed by atoms with Gasteiger partial charge in [0.1, 0.15) is 0 Å². The van der Waals surface area contributed by atoms with Gasteiger partial charge in [0.15, 0.2) is 0 Å². The molecule has 0 aromatic rings. The molecule has 0 fully saturated rings. The Morgan fingerprint density at radius 3 is 2.00 bits per heavy atom. The van der Waals surface area contributed by atoms with Crippen LogP contribution in [0.1, 0.15) is 33.6 Å². The van der Waals surface area contributed by atoms with Crippen LogP contribution in [0.2, 0.25) is 0 Å². The molecular weight excluding hydrogens is 110 g/mol. The van der Waals surface area contributed by atoms with E-state index in [1.54, 1.807) is 0 Å². The highest BCUT2D eigenvalue weighted by Crippen LogP contribution is 2.06. The van der Waals surface area contributed by atoms with Gasteiger partial charge in [0, 0.05) is 6.04 Å².